The quantitative estimate of drug-likeness (QED) is 0.691. The van der Waals surface area contributed by atoms with Gasteiger partial charge in [0.2, 0.25) is 5.91 Å². The number of likely N-dealkylation sites (N-methyl/N-ethyl adjacent to an activating group) is 1. The van der Waals surface area contributed by atoms with Gasteiger partial charge in [0, 0.05) is 19.1 Å². The molecule has 0 fully saturated rings. The van der Waals surface area contributed by atoms with E-state index in [9.17, 15) is 4.79 Å². The molecule has 0 aliphatic rings. The maximum Gasteiger partial charge on any atom is 0.236 e. The van der Waals surface area contributed by atoms with Crippen LogP contribution in [0.2, 0.25) is 0 Å². The molecule has 1 N–H and O–H groups in total. The summed E-state index contributed by atoms with van der Waals surface area (Å²) in [7, 11) is 0. The lowest BCUT2D eigenvalue weighted by Gasteiger charge is -2.21. The van der Waals surface area contributed by atoms with E-state index in [2.05, 4.69) is 26.1 Å². The number of carbonyl (C=O) groups excluding carboxylic acids is 1. The molecule has 2 unspecified atom stereocenters. The van der Waals surface area contributed by atoms with Crippen LogP contribution in [0.1, 0.15) is 47.5 Å². The average molecular weight is 228 g/mol. The van der Waals surface area contributed by atoms with Gasteiger partial charge < -0.3 is 10.2 Å². The highest BCUT2D eigenvalue weighted by Gasteiger charge is 2.12. The molecule has 0 radical (unpaired) electrons. The van der Waals surface area contributed by atoms with Crippen molar-refractivity contribution in [2.45, 2.75) is 53.5 Å². The first kappa shape index (κ1) is 15.4. The smallest absolute Gasteiger partial charge is 0.236 e. The Morgan fingerprint density at radius 2 is 1.75 bits per heavy atom. The fourth-order valence-electron chi connectivity index (χ4n) is 1.80. The summed E-state index contributed by atoms with van der Waals surface area (Å²) < 4.78 is 0. The van der Waals surface area contributed by atoms with E-state index >= 15 is 0 Å². The summed E-state index contributed by atoms with van der Waals surface area (Å²) in [6.45, 7) is 12.7. The van der Waals surface area contributed by atoms with Gasteiger partial charge in [-0.05, 0) is 33.1 Å². The normalized spacial score (nSPS) is 14.6. The maximum absolute atomic E-state index is 11.7. The molecule has 0 saturated heterocycles. The molecule has 0 aromatic rings. The standard InChI is InChI=1S/C13H28N2O/c1-6-11(4)9-12(5)14-10-13(16)15(7-2)8-3/h11-12,14H,6-10H2,1-5H3. The van der Waals surface area contributed by atoms with Crippen LogP contribution in [0.25, 0.3) is 0 Å². The van der Waals surface area contributed by atoms with Crippen LogP contribution in [0.3, 0.4) is 0 Å². The first-order valence-electron chi connectivity index (χ1n) is 6.56. The minimum absolute atomic E-state index is 0.209. The molecule has 0 spiro atoms. The maximum atomic E-state index is 11.7. The van der Waals surface area contributed by atoms with Gasteiger partial charge >= 0.3 is 0 Å². The molecular weight excluding hydrogens is 200 g/mol. The van der Waals surface area contributed by atoms with Gasteiger partial charge in [-0.15, -0.1) is 0 Å². The van der Waals surface area contributed by atoms with Gasteiger partial charge in [0.1, 0.15) is 0 Å². The largest absolute Gasteiger partial charge is 0.342 e. The van der Waals surface area contributed by atoms with E-state index in [1.165, 1.54) is 6.42 Å². The van der Waals surface area contributed by atoms with Gasteiger partial charge in [0.15, 0.2) is 0 Å². The Hall–Kier alpha value is -0.570. The van der Waals surface area contributed by atoms with Crippen LogP contribution in [0, 0.1) is 5.92 Å². The van der Waals surface area contributed by atoms with Crippen molar-refractivity contribution >= 4 is 5.91 Å². The molecule has 0 rings (SSSR count). The molecular formula is C13H28N2O. The number of nitrogens with one attached hydrogen (secondary N) is 1. The minimum Gasteiger partial charge on any atom is -0.342 e. The molecule has 3 nitrogen and oxygen atoms in total. The van der Waals surface area contributed by atoms with Crippen molar-refractivity contribution in [2.24, 2.45) is 5.92 Å². The first-order chi connectivity index (χ1) is 7.54. The van der Waals surface area contributed by atoms with Crippen LogP contribution in [0.15, 0.2) is 0 Å². The van der Waals surface area contributed by atoms with Crippen LogP contribution in [0.4, 0.5) is 0 Å². The highest BCUT2D eigenvalue weighted by atomic mass is 16.2. The molecule has 16 heavy (non-hydrogen) atoms. The van der Waals surface area contributed by atoms with Gasteiger partial charge in [-0.3, -0.25) is 4.79 Å². The highest BCUT2D eigenvalue weighted by Crippen LogP contribution is 2.09. The molecule has 1 amide bonds. The zero-order valence-electron chi connectivity index (χ0n) is 11.5. The summed E-state index contributed by atoms with van der Waals surface area (Å²) >= 11 is 0. The third-order valence-corrected chi connectivity index (χ3v) is 3.17. The summed E-state index contributed by atoms with van der Waals surface area (Å²) in [5.41, 5.74) is 0. The summed E-state index contributed by atoms with van der Waals surface area (Å²) in [6.07, 6.45) is 2.35. The van der Waals surface area contributed by atoms with E-state index in [1.807, 2.05) is 18.7 Å². The predicted molar refractivity (Wildman–Crippen MR) is 69.5 cm³/mol. The van der Waals surface area contributed by atoms with Crippen molar-refractivity contribution < 1.29 is 4.79 Å². The average Bonchev–Trinajstić information content (AvgIpc) is 2.27. The van der Waals surface area contributed by atoms with Crippen LogP contribution in [0.5, 0.6) is 0 Å². The SMILES string of the molecule is CCC(C)CC(C)NCC(=O)N(CC)CC. The summed E-state index contributed by atoms with van der Waals surface area (Å²) in [4.78, 5) is 13.6. The third-order valence-electron chi connectivity index (χ3n) is 3.17. The van der Waals surface area contributed by atoms with Gasteiger partial charge in [0.05, 0.1) is 6.54 Å². The minimum atomic E-state index is 0.209. The van der Waals surface area contributed by atoms with Gasteiger partial charge in [-0.25, -0.2) is 0 Å². The summed E-state index contributed by atoms with van der Waals surface area (Å²) in [5.74, 6) is 0.937. The molecule has 3 heteroatoms. The van der Waals surface area contributed by atoms with Gasteiger partial charge in [-0.2, -0.15) is 0 Å². The molecule has 0 aliphatic heterocycles. The Labute approximate surface area is 101 Å². The zero-order valence-corrected chi connectivity index (χ0v) is 11.5. The van der Waals surface area contributed by atoms with E-state index < -0.39 is 0 Å². The lowest BCUT2D eigenvalue weighted by Crippen LogP contribution is -2.41. The molecule has 0 bridgehead atoms. The van der Waals surface area contributed by atoms with Crippen LogP contribution < -0.4 is 5.32 Å². The zero-order chi connectivity index (χ0) is 12.6. The van der Waals surface area contributed by atoms with Gasteiger partial charge in [-0.1, -0.05) is 20.3 Å². The number of nitrogens with zero attached hydrogens (tertiary/aromatic N) is 1. The van der Waals surface area contributed by atoms with Crippen molar-refractivity contribution in [1.82, 2.24) is 10.2 Å². The molecule has 0 aliphatic carbocycles. The van der Waals surface area contributed by atoms with Crippen LogP contribution >= 0.6 is 0 Å². The van der Waals surface area contributed by atoms with Crippen molar-refractivity contribution in [3.63, 3.8) is 0 Å². The van der Waals surface area contributed by atoms with E-state index in [0.29, 0.717) is 12.6 Å². The van der Waals surface area contributed by atoms with Crippen molar-refractivity contribution in [2.75, 3.05) is 19.6 Å². The first-order valence-corrected chi connectivity index (χ1v) is 6.56. The Morgan fingerprint density at radius 3 is 2.19 bits per heavy atom. The lowest BCUT2D eigenvalue weighted by atomic mass is 10.0. The Bertz CT molecular complexity index is 190. The van der Waals surface area contributed by atoms with Gasteiger partial charge in [0.25, 0.3) is 0 Å². The Balaban J connectivity index is 3.82. The monoisotopic (exact) mass is 228 g/mol. The molecule has 0 heterocycles. The number of rotatable bonds is 8. The number of amides is 1. The third kappa shape index (κ3) is 6.11. The predicted octanol–water partition coefficient (Wildman–Crippen LogP) is 2.27. The van der Waals surface area contributed by atoms with Crippen molar-refractivity contribution in [1.29, 1.82) is 0 Å². The van der Waals surface area contributed by atoms with Crippen molar-refractivity contribution in [3.05, 3.63) is 0 Å². The van der Waals surface area contributed by atoms with E-state index in [-0.39, 0.29) is 5.91 Å². The summed E-state index contributed by atoms with van der Waals surface area (Å²) in [6, 6.07) is 0.425. The fraction of sp³-hybridized carbons (Fsp3) is 0.923. The van der Waals surface area contributed by atoms with E-state index in [1.54, 1.807) is 0 Å². The summed E-state index contributed by atoms with van der Waals surface area (Å²) in [5, 5.41) is 3.31. The molecule has 0 aromatic heterocycles. The number of hydrogen-bond acceptors (Lipinski definition) is 2. The van der Waals surface area contributed by atoms with E-state index in [4.69, 9.17) is 0 Å². The topological polar surface area (TPSA) is 32.3 Å². The number of carbonyl (C=O) groups is 1. The second kappa shape index (κ2) is 8.57. The second-order valence-electron chi connectivity index (χ2n) is 4.60. The molecule has 96 valence electrons. The van der Waals surface area contributed by atoms with Crippen LogP contribution in [-0.4, -0.2) is 36.5 Å². The Kier molecular flexibility index (Phi) is 8.26. The number of hydrogen-bond donors (Lipinski definition) is 1. The highest BCUT2D eigenvalue weighted by molar-refractivity contribution is 5.78. The van der Waals surface area contributed by atoms with Crippen molar-refractivity contribution in [3.8, 4) is 0 Å². The fourth-order valence-corrected chi connectivity index (χ4v) is 1.80. The van der Waals surface area contributed by atoms with E-state index in [0.717, 1.165) is 25.4 Å². The van der Waals surface area contributed by atoms with Crippen LogP contribution in [-0.2, 0) is 4.79 Å². The second-order valence-corrected chi connectivity index (χ2v) is 4.60. The Morgan fingerprint density at radius 1 is 1.19 bits per heavy atom. The molecule has 0 saturated carbocycles. The lowest BCUT2D eigenvalue weighted by molar-refractivity contribution is -0.130. The molecule has 0 aromatic carbocycles. The molecule has 2 atom stereocenters.